The molecule has 5 nitrogen and oxygen atoms in total. The molecule has 0 spiro atoms. The van der Waals surface area contributed by atoms with E-state index >= 15 is 0 Å². The molecule has 0 bridgehead atoms. The number of piperazine rings is 1. The Labute approximate surface area is 153 Å². The fourth-order valence-corrected chi connectivity index (χ4v) is 3.62. The summed E-state index contributed by atoms with van der Waals surface area (Å²) in [6.07, 6.45) is 0.753. The number of aryl methyl sites for hydroxylation is 1. The van der Waals surface area contributed by atoms with Crippen molar-refractivity contribution in [2.24, 2.45) is 0 Å². The maximum absolute atomic E-state index is 9.53. The number of nitrogens with zero attached hydrogens (tertiary/aromatic N) is 3. The van der Waals surface area contributed by atoms with Crippen molar-refractivity contribution in [3.63, 3.8) is 0 Å². The average Bonchev–Trinajstić information content (AvgIpc) is 3.09. The van der Waals surface area contributed by atoms with Crippen LogP contribution in [0.25, 0.3) is 11.1 Å². The van der Waals surface area contributed by atoms with Crippen molar-refractivity contribution in [3.8, 4) is 0 Å². The number of oxazole rings is 1. The molecule has 1 atom stereocenters. The lowest BCUT2D eigenvalue weighted by atomic mass is 10.1. The summed E-state index contributed by atoms with van der Waals surface area (Å²) < 4.78 is 5.93. The van der Waals surface area contributed by atoms with Crippen LogP contribution < -0.4 is 4.90 Å². The van der Waals surface area contributed by atoms with E-state index in [0.717, 1.165) is 43.7 Å². The van der Waals surface area contributed by atoms with Crippen LogP contribution in [0, 0.1) is 6.92 Å². The summed E-state index contributed by atoms with van der Waals surface area (Å²) >= 11 is 0. The van der Waals surface area contributed by atoms with E-state index in [1.807, 2.05) is 24.3 Å². The Kier molecular flexibility index (Phi) is 4.91. The number of hydrogen-bond donors (Lipinski definition) is 1. The van der Waals surface area contributed by atoms with Crippen molar-refractivity contribution >= 4 is 17.1 Å². The summed E-state index contributed by atoms with van der Waals surface area (Å²) in [6.45, 7) is 5.83. The first-order valence-corrected chi connectivity index (χ1v) is 9.24. The van der Waals surface area contributed by atoms with Gasteiger partial charge in [-0.3, -0.25) is 4.90 Å². The third-order valence-corrected chi connectivity index (χ3v) is 5.13. The van der Waals surface area contributed by atoms with Crippen LogP contribution in [0.15, 0.2) is 52.9 Å². The number of hydrogen-bond acceptors (Lipinski definition) is 5. The molecule has 4 rings (SSSR count). The summed E-state index contributed by atoms with van der Waals surface area (Å²) in [7, 11) is 0. The molecule has 2 heterocycles. The molecule has 1 unspecified atom stereocenters. The lowest BCUT2D eigenvalue weighted by Crippen LogP contribution is -2.53. The molecule has 1 aliphatic heterocycles. The zero-order valence-corrected chi connectivity index (χ0v) is 15.1. The molecular weight excluding hydrogens is 326 g/mol. The summed E-state index contributed by atoms with van der Waals surface area (Å²) in [5.41, 5.74) is 4.31. The molecule has 1 aliphatic rings. The lowest BCUT2D eigenvalue weighted by molar-refractivity contribution is 0.133. The van der Waals surface area contributed by atoms with E-state index in [-0.39, 0.29) is 12.6 Å². The topological polar surface area (TPSA) is 52.7 Å². The Morgan fingerprint density at radius 1 is 1.12 bits per heavy atom. The van der Waals surface area contributed by atoms with Crippen LogP contribution in [0.3, 0.4) is 0 Å². The standard InChI is InChI=1S/C21H25N3O2/c1-16-6-8-17(9-7-16)14-23-11-12-24(15-18(23)10-13-25)21-22-19-4-2-3-5-20(19)26-21/h2-9,18,25H,10-15H2,1H3. The zero-order chi connectivity index (χ0) is 17.9. The predicted octanol–water partition coefficient (Wildman–Crippen LogP) is 3.21. The van der Waals surface area contributed by atoms with Crippen LogP contribution in [-0.2, 0) is 6.54 Å². The van der Waals surface area contributed by atoms with Crippen LogP contribution in [-0.4, -0.2) is 47.3 Å². The van der Waals surface area contributed by atoms with Gasteiger partial charge >= 0.3 is 0 Å². The number of fused-ring (bicyclic) bond motifs is 1. The number of benzene rings is 2. The molecular formula is C21H25N3O2. The van der Waals surface area contributed by atoms with Gasteiger partial charge in [0.05, 0.1) is 0 Å². The number of aromatic nitrogens is 1. The number of anilines is 1. The Hall–Kier alpha value is -2.37. The van der Waals surface area contributed by atoms with E-state index in [2.05, 4.69) is 46.0 Å². The van der Waals surface area contributed by atoms with Gasteiger partial charge in [-0.1, -0.05) is 42.0 Å². The van der Waals surface area contributed by atoms with Gasteiger partial charge in [0, 0.05) is 38.8 Å². The first-order valence-electron chi connectivity index (χ1n) is 9.24. The Morgan fingerprint density at radius 2 is 1.92 bits per heavy atom. The molecule has 136 valence electrons. The summed E-state index contributed by atoms with van der Waals surface area (Å²) in [4.78, 5) is 9.29. The summed E-state index contributed by atoms with van der Waals surface area (Å²) in [5, 5.41) is 9.53. The largest absolute Gasteiger partial charge is 0.423 e. The van der Waals surface area contributed by atoms with Gasteiger partial charge in [-0.25, -0.2) is 0 Å². The van der Waals surface area contributed by atoms with Crippen molar-refractivity contribution in [3.05, 3.63) is 59.7 Å². The monoisotopic (exact) mass is 351 g/mol. The summed E-state index contributed by atoms with van der Waals surface area (Å²) in [5.74, 6) is 0. The zero-order valence-electron chi connectivity index (χ0n) is 15.1. The maximum atomic E-state index is 9.53. The fraction of sp³-hybridized carbons (Fsp3) is 0.381. The molecule has 1 saturated heterocycles. The van der Waals surface area contributed by atoms with E-state index in [4.69, 9.17) is 4.42 Å². The van der Waals surface area contributed by atoms with Crippen LogP contribution in [0.5, 0.6) is 0 Å². The third kappa shape index (κ3) is 3.59. The maximum Gasteiger partial charge on any atom is 0.298 e. The minimum absolute atomic E-state index is 0.191. The van der Waals surface area contributed by atoms with Crippen LogP contribution in [0.4, 0.5) is 6.01 Å². The molecule has 3 aromatic rings. The second kappa shape index (κ2) is 7.48. The SMILES string of the molecule is Cc1ccc(CN2CCN(c3nc4ccccc4o3)CC2CCO)cc1. The van der Waals surface area contributed by atoms with E-state index in [1.54, 1.807) is 0 Å². The van der Waals surface area contributed by atoms with Gasteiger partial charge in [-0.2, -0.15) is 4.98 Å². The molecule has 0 radical (unpaired) electrons. The van der Waals surface area contributed by atoms with Crippen molar-refractivity contribution < 1.29 is 9.52 Å². The summed E-state index contributed by atoms with van der Waals surface area (Å²) in [6, 6.07) is 17.5. The second-order valence-electron chi connectivity index (χ2n) is 7.03. The molecule has 26 heavy (non-hydrogen) atoms. The first kappa shape index (κ1) is 17.1. The lowest BCUT2D eigenvalue weighted by Gasteiger charge is -2.40. The highest BCUT2D eigenvalue weighted by Crippen LogP contribution is 2.25. The predicted molar refractivity (Wildman–Crippen MR) is 103 cm³/mol. The highest BCUT2D eigenvalue weighted by molar-refractivity contribution is 5.74. The van der Waals surface area contributed by atoms with E-state index < -0.39 is 0 Å². The minimum Gasteiger partial charge on any atom is -0.423 e. The van der Waals surface area contributed by atoms with Crippen molar-refractivity contribution in [1.29, 1.82) is 0 Å². The minimum atomic E-state index is 0.191. The van der Waals surface area contributed by atoms with Gasteiger partial charge in [0.1, 0.15) is 5.52 Å². The molecule has 0 aliphatic carbocycles. The Balaban J connectivity index is 1.49. The molecule has 0 amide bonds. The van der Waals surface area contributed by atoms with Gasteiger partial charge in [-0.15, -0.1) is 0 Å². The van der Waals surface area contributed by atoms with E-state index in [0.29, 0.717) is 6.01 Å². The quantitative estimate of drug-likeness (QED) is 0.765. The fourth-order valence-electron chi connectivity index (χ4n) is 3.62. The smallest absolute Gasteiger partial charge is 0.298 e. The van der Waals surface area contributed by atoms with Gasteiger partial charge in [0.2, 0.25) is 0 Å². The van der Waals surface area contributed by atoms with Crippen LogP contribution in [0.1, 0.15) is 17.5 Å². The Morgan fingerprint density at radius 3 is 2.69 bits per heavy atom. The highest BCUT2D eigenvalue weighted by Gasteiger charge is 2.29. The normalized spacial score (nSPS) is 18.5. The van der Waals surface area contributed by atoms with Crippen LogP contribution >= 0.6 is 0 Å². The van der Waals surface area contributed by atoms with Crippen molar-refractivity contribution in [1.82, 2.24) is 9.88 Å². The van der Waals surface area contributed by atoms with E-state index in [1.165, 1.54) is 11.1 Å². The highest BCUT2D eigenvalue weighted by atomic mass is 16.4. The van der Waals surface area contributed by atoms with Crippen LogP contribution in [0.2, 0.25) is 0 Å². The molecule has 1 fully saturated rings. The molecule has 2 aromatic carbocycles. The Bertz CT molecular complexity index is 826. The number of para-hydroxylation sites is 2. The molecule has 1 aromatic heterocycles. The van der Waals surface area contributed by atoms with Crippen molar-refractivity contribution in [2.45, 2.75) is 25.9 Å². The molecule has 0 saturated carbocycles. The second-order valence-corrected chi connectivity index (χ2v) is 7.03. The van der Waals surface area contributed by atoms with Gasteiger partial charge in [0.15, 0.2) is 5.58 Å². The third-order valence-electron chi connectivity index (χ3n) is 5.13. The number of rotatable bonds is 5. The molecule has 1 N–H and O–H groups in total. The average molecular weight is 351 g/mol. The van der Waals surface area contributed by atoms with Gasteiger partial charge < -0.3 is 14.4 Å². The van der Waals surface area contributed by atoms with Crippen molar-refractivity contribution in [2.75, 3.05) is 31.1 Å². The first-order chi connectivity index (χ1) is 12.7. The van der Waals surface area contributed by atoms with E-state index in [9.17, 15) is 5.11 Å². The number of aliphatic hydroxyl groups excluding tert-OH is 1. The molecule has 5 heteroatoms. The van der Waals surface area contributed by atoms with Gasteiger partial charge in [0.25, 0.3) is 6.01 Å². The van der Waals surface area contributed by atoms with Gasteiger partial charge in [-0.05, 0) is 31.0 Å². The number of aliphatic hydroxyl groups is 1.